The molecule has 246 valence electrons. The number of nitrogens with zero attached hydrogens (tertiary/aromatic N) is 2. The van der Waals surface area contributed by atoms with Gasteiger partial charge in [0.05, 0.1) is 25.7 Å². The summed E-state index contributed by atoms with van der Waals surface area (Å²) in [6.07, 6.45) is 4.86. The predicted molar refractivity (Wildman–Crippen MR) is 186 cm³/mol. The van der Waals surface area contributed by atoms with E-state index in [1.807, 2.05) is 78.9 Å². The van der Waals surface area contributed by atoms with Gasteiger partial charge in [0.1, 0.15) is 23.4 Å². The Labute approximate surface area is 293 Å². The smallest absolute Gasteiger partial charge is 0.276 e. The van der Waals surface area contributed by atoms with Crippen LogP contribution in [0.4, 0.5) is 0 Å². The van der Waals surface area contributed by atoms with Crippen LogP contribution in [0.2, 0.25) is 0 Å². The van der Waals surface area contributed by atoms with E-state index in [0.717, 1.165) is 64.8 Å². The van der Waals surface area contributed by atoms with E-state index in [-0.39, 0.29) is 41.4 Å². The Bertz CT molecular complexity index is 1770. The van der Waals surface area contributed by atoms with Gasteiger partial charge in [0, 0.05) is 30.3 Å². The van der Waals surface area contributed by atoms with E-state index >= 15 is 0 Å². The van der Waals surface area contributed by atoms with Gasteiger partial charge < -0.3 is 36.6 Å². The van der Waals surface area contributed by atoms with Crippen LogP contribution in [0.25, 0.3) is 10.9 Å². The summed E-state index contributed by atoms with van der Waals surface area (Å²) < 4.78 is 6.03. The maximum absolute atomic E-state index is 14.8. The number of methoxy groups -OCH3 is 1. The van der Waals surface area contributed by atoms with Gasteiger partial charge in [-0.1, -0.05) is 97.1 Å². The summed E-state index contributed by atoms with van der Waals surface area (Å²) in [6, 6.07) is 38.2. The molecule has 5 atom stereocenters. The third-order valence-electron chi connectivity index (χ3n) is 10.7. The van der Waals surface area contributed by atoms with Gasteiger partial charge in [-0.25, -0.2) is 0 Å². The van der Waals surface area contributed by atoms with Crippen LogP contribution < -0.4 is 27.0 Å². The van der Waals surface area contributed by atoms with E-state index in [4.69, 9.17) is 4.74 Å². The minimum absolute atomic E-state index is 0. The molecule has 6 nitrogen and oxygen atoms in total. The number of hydrogen-bond acceptors (Lipinski definition) is 4. The number of nitrogens with one attached hydrogen (secondary N) is 1. The van der Waals surface area contributed by atoms with E-state index in [1.54, 1.807) is 13.3 Å². The Morgan fingerprint density at radius 1 is 0.979 bits per heavy atom. The average molecular weight is 705 g/mol. The van der Waals surface area contributed by atoms with Crippen LogP contribution in [0.3, 0.4) is 0 Å². The Hall–Kier alpha value is -4.30. The van der Waals surface area contributed by atoms with Crippen molar-refractivity contribution in [1.82, 2.24) is 10.3 Å². The molecule has 2 N–H and O–H groups in total. The van der Waals surface area contributed by atoms with E-state index in [1.165, 1.54) is 0 Å². The number of aliphatic hydroxyl groups is 1. The third-order valence-corrected chi connectivity index (χ3v) is 10.7. The molecule has 1 amide bonds. The number of amides is 1. The first-order chi connectivity index (χ1) is 23.0. The van der Waals surface area contributed by atoms with Gasteiger partial charge in [0.25, 0.3) is 5.91 Å². The van der Waals surface area contributed by atoms with Crippen LogP contribution >= 0.6 is 0 Å². The topological polar surface area (TPSA) is 71.5 Å². The number of carbonyl (C=O) groups excluding carboxylic acids is 1. The van der Waals surface area contributed by atoms with Crippen LogP contribution in [-0.4, -0.2) is 53.3 Å². The first kappa shape index (κ1) is 33.6. The highest BCUT2D eigenvalue weighted by molar-refractivity contribution is 5.84. The summed E-state index contributed by atoms with van der Waals surface area (Å²) in [6.45, 7) is 6.03. The zero-order valence-corrected chi connectivity index (χ0v) is 28.8. The maximum Gasteiger partial charge on any atom is 0.276 e. The molecule has 8 rings (SSSR count). The number of fused-ring (bicyclic) bond motifs is 4. The minimum atomic E-state index is -0.906. The maximum atomic E-state index is 14.8. The fraction of sp³-hybridized carbons (Fsp3) is 0.268. The Kier molecular flexibility index (Phi) is 9.83. The lowest BCUT2D eigenvalue weighted by Crippen LogP contribution is -3.00. The summed E-state index contributed by atoms with van der Waals surface area (Å²) in [7, 11) is 1.65. The molecule has 4 unspecified atom stereocenters. The van der Waals surface area contributed by atoms with Crippen LogP contribution in [0.5, 0.6) is 5.75 Å². The van der Waals surface area contributed by atoms with Crippen molar-refractivity contribution >= 4 is 16.8 Å². The molecule has 5 aromatic rings. The molecule has 0 aliphatic carbocycles. The fourth-order valence-corrected chi connectivity index (χ4v) is 8.44. The lowest BCUT2D eigenvalue weighted by molar-refractivity contribution is -0.966. The molecule has 3 saturated heterocycles. The molecule has 0 radical (unpaired) electrons. The summed E-state index contributed by atoms with van der Waals surface area (Å²) in [5.41, 5.74) is 3.69. The number of hydrogen-bond donors (Lipinski definition) is 2. The van der Waals surface area contributed by atoms with Gasteiger partial charge >= 0.3 is 0 Å². The van der Waals surface area contributed by atoms with Gasteiger partial charge in [-0.3, -0.25) is 9.78 Å². The molecule has 4 aromatic carbocycles. The molecule has 1 aromatic heterocycles. The van der Waals surface area contributed by atoms with Gasteiger partial charge in [0.15, 0.2) is 6.54 Å². The number of aliphatic hydroxyl groups excluding tert-OH is 1. The predicted octanol–water partition coefficient (Wildman–Crippen LogP) is 3.80. The van der Waals surface area contributed by atoms with Crippen molar-refractivity contribution in [2.75, 3.05) is 26.7 Å². The monoisotopic (exact) mass is 703 g/mol. The van der Waals surface area contributed by atoms with Crippen LogP contribution in [0, 0.1) is 11.8 Å². The van der Waals surface area contributed by atoms with Crippen molar-refractivity contribution in [2.24, 2.45) is 11.8 Å². The Morgan fingerprint density at radius 2 is 1.58 bits per heavy atom. The van der Waals surface area contributed by atoms with Crippen molar-refractivity contribution in [3.8, 4) is 5.75 Å². The first-order valence-electron chi connectivity index (χ1n) is 16.5. The summed E-state index contributed by atoms with van der Waals surface area (Å²) in [5, 5.41) is 16.8. The number of ether oxygens (including phenoxy) is 1. The number of benzene rings is 4. The van der Waals surface area contributed by atoms with Gasteiger partial charge in [-0.2, -0.15) is 0 Å². The molecule has 48 heavy (non-hydrogen) atoms. The van der Waals surface area contributed by atoms with Crippen molar-refractivity contribution in [3.05, 3.63) is 156 Å². The highest BCUT2D eigenvalue weighted by Gasteiger charge is 2.55. The molecular weight excluding hydrogens is 662 g/mol. The lowest BCUT2D eigenvalue weighted by Gasteiger charge is -2.57. The molecule has 3 aliphatic rings. The first-order valence-corrected chi connectivity index (χ1v) is 16.5. The normalized spacial score (nSPS) is 22.3. The second kappa shape index (κ2) is 14.0. The van der Waals surface area contributed by atoms with Gasteiger partial charge in [-0.05, 0) is 52.4 Å². The highest BCUT2D eigenvalue weighted by Crippen LogP contribution is 2.47. The van der Waals surface area contributed by atoms with Crippen molar-refractivity contribution < 1.29 is 36.1 Å². The van der Waals surface area contributed by atoms with Gasteiger partial charge in [-0.15, -0.1) is 6.58 Å². The van der Waals surface area contributed by atoms with Crippen LogP contribution in [0.15, 0.2) is 134 Å². The second-order valence-corrected chi connectivity index (χ2v) is 13.2. The van der Waals surface area contributed by atoms with Crippen molar-refractivity contribution in [3.63, 3.8) is 0 Å². The highest BCUT2D eigenvalue weighted by atomic mass is 79.9. The Morgan fingerprint density at radius 3 is 2.15 bits per heavy atom. The number of aromatic nitrogens is 1. The van der Waals surface area contributed by atoms with Crippen LogP contribution in [-0.2, 0) is 10.3 Å². The number of rotatable bonds is 10. The molecular formula is C41H42BrN3O3. The number of quaternary nitrogens is 1. The number of halogens is 1. The SMILES string of the molecule is C=CC1C[N@+]2(CC(=O)NC(c3ccccc3)(c3ccccc3)c3ccccc3)CCC1CC2C(O)c1ccnc2ccc(OC)cc12.[Br-]. The Balaban J connectivity index is 0.00000401. The zero-order valence-electron chi connectivity index (χ0n) is 27.2. The zero-order chi connectivity index (χ0) is 32.4. The molecule has 3 fully saturated rings. The molecule has 4 heterocycles. The summed E-state index contributed by atoms with van der Waals surface area (Å²) in [5.74, 6) is 1.38. The van der Waals surface area contributed by atoms with E-state index in [9.17, 15) is 9.90 Å². The van der Waals surface area contributed by atoms with E-state index in [2.05, 4.69) is 59.4 Å². The van der Waals surface area contributed by atoms with E-state index in [0.29, 0.717) is 10.4 Å². The molecule has 7 heteroatoms. The van der Waals surface area contributed by atoms with Crippen LogP contribution in [0.1, 0.15) is 41.2 Å². The number of pyridine rings is 1. The molecule has 0 saturated carbocycles. The average Bonchev–Trinajstić information content (AvgIpc) is 3.14. The lowest BCUT2D eigenvalue weighted by atomic mass is 9.71. The quantitative estimate of drug-likeness (QED) is 0.132. The van der Waals surface area contributed by atoms with Gasteiger partial charge in [0.2, 0.25) is 0 Å². The second-order valence-electron chi connectivity index (χ2n) is 13.2. The molecule has 0 spiro atoms. The summed E-state index contributed by atoms with van der Waals surface area (Å²) >= 11 is 0. The van der Waals surface area contributed by atoms with E-state index < -0.39 is 11.6 Å². The molecule has 2 bridgehead atoms. The summed E-state index contributed by atoms with van der Waals surface area (Å²) in [4.78, 5) is 19.3. The standard InChI is InChI=1S/C41H41N3O3.BrH/c1-3-29-27-44(24-22-30(29)25-38(44)40(46)35-21-23-42-37-20-19-34(47-2)26-36(35)37)28-39(45)43-41(31-13-7-4-8-14-31,32-15-9-5-10-16-32)33-17-11-6-12-18-33;/h3-21,23,26,29-30,38,40,46H,1,22,24-25,27-28H2,2H3;1H/t29?,30?,38?,40?,44-;/m0./s1. The number of carbonyl (C=O) groups is 1. The number of piperidine rings is 3. The fourth-order valence-electron chi connectivity index (χ4n) is 8.44. The van der Waals surface area contributed by atoms with Crippen molar-refractivity contribution in [2.45, 2.75) is 30.5 Å². The minimum Gasteiger partial charge on any atom is -1.00 e. The molecule has 3 aliphatic heterocycles. The van der Waals surface area contributed by atoms with Crippen molar-refractivity contribution in [1.29, 1.82) is 0 Å². The largest absolute Gasteiger partial charge is 1.00 e. The third kappa shape index (κ3) is 5.96.